The van der Waals surface area contributed by atoms with Gasteiger partial charge in [0.05, 0.1) is 17.5 Å². The summed E-state index contributed by atoms with van der Waals surface area (Å²) in [5, 5.41) is 11.3. The van der Waals surface area contributed by atoms with Crippen LogP contribution in [0.2, 0.25) is 0 Å². The zero-order valence-corrected chi connectivity index (χ0v) is 28.6. The number of aromatic hydroxyl groups is 1. The van der Waals surface area contributed by atoms with Crippen LogP contribution < -0.4 is 15.4 Å². The molecule has 0 bridgehead atoms. The number of hydrogen-bond donors (Lipinski definition) is 2. The van der Waals surface area contributed by atoms with Crippen LogP contribution in [0.1, 0.15) is 95.1 Å². The van der Waals surface area contributed by atoms with Gasteiger partial charge in [-0.25, -0.2) is 8.78 Å². The summed E-state index contributed by atoms with van der Waals surface area (Å²) in [5.41, 5.74) is 8.37. The Hall–Kier alpha value is -3.64. The second-order valence-corrected chi connectivity index (χ2v) is 14.9. The zero-order valence-electron chi connectivity index (χ0n) is 28.6. The average Bonchev–Trinajstić information content (AvgIpc) is 3.58. The first-order valence-corrected chi connectivity index (χ1v) is 18.0. The summed E-state index contributed by atoms with van der Waals surface area (Å²) >= 11 is 0. The maximum absolute atomic E-state index is 17.1. The first-order chi connectivity index (χ1) is 23.6. The van der Waals surface area contributed by atoms with Gasteiger partial charge in [-0.05, 0) is 107 Å². The number of anilines is 1. The van der Waals surface area contributed by atoms with Crippen molar-refractivity contribution in [3.8, 4) is 23.0 Å². The van der Waals surface area contributed by atoms with Gasteiger partial charge < -0.3 is 25.2 Å². The van der Waals surface area contributed by atoms with Crippen LogP contribution in [-0.4, -0.2) is 87.6 Å². The number of ether oxygens (including phenoxy) is 2. The molecular formula is C37H48F2N6O4. The Labute approximate surface area is 286 Å². The first kappa shape index (κ1) is 33.8. The number of esters is 1. The number of alkyl halides is 1. The molecule has 3 N–H and O–H groups in total. The van der Waals surface area contributed by atoms with Crippen molar-refractivity contribution in [1.29, 1.82) is 0 Å². The van der Waals surface area contributed by atoms with E-state index in [0.29, 0.717) is 62.3 Å². The van der Waals surface area contributed by atoms with Crippen LogP contribution in [0.3, 0.4) is 0 Å². The van der Waals surface area contributed by atoms with E-state index in [-0.39, 0.29) is 41.5 Å². The van der Waals surface area contributed by atoms with E-state index in [1.807, 2.05) is 6.92 Å². The van der Waals surface area contributed by atoms with Gasteiger partial charge in [0.2, 0.25) is 0 Å². The third-order valence-corrected chi connectivity index (χ3v) is 11.1. The quantitative estimate of drug-likeness (QED) is 0.248. The molecule has 7 rings (SSSR count). The van der Waals surface area contributed by atoms with Crippen molar-refractivity contribution >= 4 is 22.7 Å². The van der Waals surface area contributed by atoms with Crippen LogP contribution in [0.5, 0.6) is 11.8 Å². The van der Waals surface area contributed by atoms with E-state index in [2.05, 4.69) is 19.8 Å². The molecule has 12 heteroatoms. The number of rotatable bonds is 10. The van der Waals surface area contributed by atoms with Crippen LogP contribution in [0.4, 0.5) is 14.6 Å². The first-order valence-electron chi connectivity index (χ1n) is 18.0. The number of fused-ring (bicyclic) bond motifs is 3. The third kappa shape index (κ3) is 6.78. The monoisotopic (exact) mass is 678 g/mol. The number of pyridine rings is 1. The number of aryl methyl sites for hydroxylation is 1. The minimum atomic E-state index is -0.902. The molecule has 0 amide bonds. The second kappa shape index (κ2) is 13.6. The van der Waals surface area contributed by atoms with Gasteiger partial charge in [0.15, 0.2) is 5.82 Å². The number of halogens is 2. The predicted molar refractivity (Wildman–Crippen MR) is 183 cm³/mol. The molecule has 264 valence electrons. The summed E-state index contributed by atoms with van der Waals surface area (Å²) in [7, 11) is 0. The maximum Gasteiger partial charge on any atom is 0.319 e. The number of phenols is 1. The highest BCUT2D eigenvalue weighted by atomic mass is 19.1. The van der Waals surface area contributed by atoms with Crippen molar-refractivity contribution in [3.63, 3.8) is 0 Å². The van der Waals surface area contributed by atoms with E-state index >= 15 is 4.39 Å². The minimum Gasteiger partial charge on any atom is -0.508 e. The summed E-state index contributed by atoms with van der Waals surface area (Å²) in [6.07, 6.45) is 8.91. The van der Waals surface area contributed by atoms with Crippen molar-refractivity contribution < 1.29 is 28.2 Å². The lowest BCUT2D eigenvalue weighted by molar-refractivity contribution is -0.143. The Morgan fingerprint density at radius 1 is 1.18 bits per heavy atom. The fourth-order valence-corrected chi connectivity index (χ4v) is 8.89. The Bertz CT molecular complexity index is 1720. The number of nitrogens with zero attached hydrogens (tertiary/aromatic N) is 5. The molecule has 1 aromatic carbocycles. The van der Waals surface area contributed by atoms with Crippen LogP contribution in [0, 0.1) is 5.82 Å². The van der Waals surface area contributed by atoms with Gasteiger partial charge in [0, 0.05) is 49.8 Å². The Kier molecular flexibility index (Phi) is 9.38. The summed E-state index contributed by atoms with van der Waals surface area (Å²) in [5.74, 6) is -0.206. The summed E-state index contributed by atoms with van der Waals surface area (Å²) < 4.78 is 43.0. The van der Waals surface area contributed by atoms with Gasteiger partial charge in [0.25, 0.3) is 0 Å². The lowest BCUT2D eigenvalue weighted by Gasteiger charge is -2.39. The number of benzene rings is 1. The molecule has 3 fully saturated rings. The summed E-state index contributed by atoms with van der Waals surface area (Å²) in [6, 6.07) is 3.39. The molecule has 3 aromatic rings. The predicted octanol–water partition coefficient (Wildman–Crippen LogP) is 5.96. The molecule has 49 heavy (non-hydrogen) atoms. The molecule has 4 atom stereocenters. The van der Waals surface area contributed by atoms with Crippen molar-refractivity contribution in [2.24, 2.45) is 5.73 Å². The molecule has 3 saturated heterocycles. The van der Waals surface area contributed by atoms with Crippen molar-refractivity contribution in [2.75, 3.05) is 44.3 Å². The zero-order chi connectivity index (χ0) is 34.3. The average molecular weight is 679 g/mol. The molecule has 1 unspecified atom stereocenters. The number of phenolic OH excluding ortho intramolecular Hbond substituents is 1. The highest BCUT2D eigenvalue weighted by molar-refractivity contribution is 5.92. The minimum absolute atomic E-state index is 0.0427. The number of nitrogens with two attached hydrogens (primary N) is 1. The standard InChI is InChI=1S/C37H48F2N6O4/c1-3-48-29(47)11-5-9-23-8-4-10-24-16-26(46)17-27(30(23)24)32-31(39)33-28(19-41-32)34(44-14-6-12-36(2,40)21-44)43-35(42-33)49-22-37-13-7-15-45(37)20-25(38)18-37/h16-17,19,23,25,46H,3-15,18,20-22,40H2,1-2H3/t23?,25-,36-,37+/m1/s1. The third-order valence-electron chi connectivity index (χ3n) is 11.1. The molecular weight excluding hydrogens is 630 g/mol. The van der Waals surface area contributed by atoms with Gasteiger partial charge in [0.1, 0.15) is 35.6 Å². The fourth-order valence-electron chi connectivity index (χ4n) is 8.89. The topological polar surface area (TPSA) is 127 Å². The number of piperidine rings is 1. The van der Waals surface area contributed by atoms with Crippen molar-refractivity contribution in [3.05, 3.63) is 35.3 Å². The Balaban J connectivity index is 1.28. The molecule has 3 aliphatic heterocycles. The smallest absolute Gasteiger partial charge is 0.319 e. The molecule has 0 saturated carbocycles. The van der Waals surface area contributed by atoms with E-state index in [1.165, 1.54) is 0 Å². The van der Waals surface area contributed by atoms with Gasteiger partial charge >= 0.3 is 12.0 Å². The van der Waals surface area contributed by atoms with Gasteiger partial charge in [-0.15, -0.1) is 0 Å². The lowest BCUT2D eigenvalue weighted by atomic mass is 9.77. The maximum atomic E-state index is 17.1. The molecule has 0 radical (unpaired) electrons. The number of aromatic nitrogens is 3. The van der Waals surface area contributed by atoms with Crippen LogP contribution >= 0.6 is 0 Å². The number of hydrogen-bond acceptors (Lipinski definition) is 10. The number of carbonyl (C=O) groups excluding carboxylic acids is 1. The van der Waals surface area contributed by atoms with E-state index in [1.54, 1.807) is 25.3 Å². The molecule has 2 aromatic heterocycles. The SMILES string of the molecule is CCOC(=O)CCCC1CCCc2cc(O)cc(-c3ncc4c(N5CCC[C@@](C)(N)C5)nc(OC[C@@]56CCCN5C[C@H](F)C6)nc4c3F)c21. The van der Waals surface area contributed by atoms with E-state index in [4.69, 9.17) is 20.2 Å². The summed E-state index contributed by atoms with van der Waals surface area (Å²) in [6.45, 7) is 6.82. The van der Waals surface area contributed by atoms with E-state index in [0.717, 1.165) is 69.0 Å². The molecule has 4 aliphatic rings. The van der Waals surface area contributed by atoms with Gasteiger partial charge in [-0.2, -0.15) is 9.97 Å². The highest BCUT2D eigenvalue weighted by Crippen LogP contribution is 2.45. The molecule has 0 spiro atoms. The lowest BCUT2D eigenvalue weighted by Crippen LogP contribution is -2.52. The highest BCUT2D eigenvalue weighted by Gasteiger charge is 2.49. The fraction of sp³-hybridized carbons (Fsp3) is 0.622. The molecule has 10 nitrogen and oxygen atoms in total. The van der Waals surface area contributed by atoms with Crippen molar-refractivity contribution in [2.45, 2.75) is 108 Å². The van der Waals surface area contributed by atoms with Crippen LogP contribution in [-0.2, 0) is 16.0 Å². The Morgan fingerprint density at radius 3 is 2.84 bits per heavy atom. The van der Waals surface area contributed by atoms with Crippen LogP contribution in [0.15, 0.2) is 18.3 Å². The normalized spacial score (nSPS) is 26.9. The summed E-state index contributed by atoms with van der Waals surface area (Å²) in [4.78, 5) is 30.4. The molecule has 1 aliphatic carbocycles. The van der Waals surface area contributed by atoms with Gasteiger partial charge in [-0.3, -0.25) is 14.7 Å². The van der Waals surface area contributed by atoms with Crippen molar-refractivity contribution in [1.82, 2.24) is 19.9 Å². The van der Waals surface area contributed by atoms with E-state index in [9.17, 15) is 14.3 Å². The van der Waals surface area contributed by atoms with Crippen LogP contribution in [0.25, 0.3) is 22.2 Å². The number of carbonyl (C=O) groups is 1. The van der Waals surface area contributed by atoms with E-state index < -0.39 is 23.1 Å². The largest absolute Gasteiger partial charge is 0.508 e. The van der Waals surface area contributed by atoms with Gasteiger partial charge in [-0.1, -0.05) is 0 Å². The second-order valence-electron chi connectivity index (χ2n) is 14.9. The Morgan fingerprint density at radius 2 is 2.02 bits per heavy atom. The molecule has 5 heterocycles.